The number of ether oxygens (including phenoxy) is 2. The molecule has 10 heteroatoms. The number of esters is 2. The van der Waals surface area contributed by atoms with E-state index in [1.807, 2.05) is 0 Å². The molecule has 0 aromatic rings. The monoisotopic (exact) mass is 312 g/mol. The molecule has 0 amide bonds. The van der Waals surface area contributed by atoms with Crippen LogP contribution >= 0.6 is 0 Å². The van der Waals surface area contributed by atoms with Gasteiger partial charge in [-0.05, 0) is 25.2 Å². The molecule has 112 valence electrons. The van der Waals surface area contributed by atoms with Crippen molar-refractivity contribution >= 4 is 22.1 Å². The van der Waals surface area contributed by atoms with E-state index in [4.69, 9.17) is 9.29 Å². The van der Waals surface area contributed by atoms with Gasteiger partial charge in [0.05, 0.1) is 0 Å². The van der Waals surface area contributed by atoms with Gasteiger partial charge in [0, 0.05) is 0 Å². The Morgan fingerprint density at radius 2 is 2.10 bits per heavy atom. The average Bonchev–Trinajstić information content (AvgIpc) is 2.82. The van der Waals surface area contributed by atoms with Gasteiger partial charge in [-0.3, -0.25) is 9.35 Å². The summed E-state index contributed by atoms with van der Waals surface area (Å²) in [5.74, 6) is -3.83. The van der Waals surface area contributed by atoms with E-state index in [1.54, 1.807) is 0 Å². The molecular formula is C10H10F2O7S. The SMILES string of the molecule is O=C1O[C@H]2CC3CC1C2(OC(=O)C(F)(F)S(=O)(=O)O)C3. The van der Waals surface area contributed by atoms with Crippen molar-refractivity contribution in [3.63, 3.8) is 0 Å². The molecule has 1 aliphatic heterocycles. The molecule has 0 spiro atoms. The van der Waals surface area contributed by atoms with Crippen LogP contribution in [0.15, 0.2) is 0 Å². The Hall–Kier alpha value is -1.29. The Kier molecular flexibility index (Phi) is 2.51. The van der Waals surface area contributed by atoms with Gasteiger partial charge in [-0.1, -0.05) is 0 Å². The first-order valence-corrected chi connectivity index (χ1v) is 7.31. The molecule has 0 aromatic carbocycles. The van der Waals surface area contributed by atoms with Gasteiger partial charge in [-0.15, -0.1) is 0 Å². The molecule has 2 bridgehead atoms. The van der Waals surface area contributed by atoms with E-state index in [0.717, 1.165) is 0 Å². The Morgan fingerprint density at radius 3 is 2.65 bits per heavy atom. The predicted octanol–water partition coefficient (Wildman–Crippen LogP) is 0.104. The zero-order valence-corrected chi connectivity index (χ0v) is 10.7. The summed E-state index contributed by atoms with van der Waals surface area (Å²) in [4.78, 5) is 23.0. The van der Waals surface area contributed by atoms with Crippen LogP contribution in [0.4, 0.5) is 8.78 Å². The molecule has 20 heavy (non-hydrogen) atoms. The van der Waals surface area contributed by atoms with E-state index in [0.29, 0.717) is 12.8 Å². The predicted molar refractivity (Wildman–Crippen MR) is 56.0 cm³/mol. The lowest BCUT2D eigenvalue weighted by Gasteiger charge is -2.30. The zero-order valence-electron chi connectivity index (χ0n) is 9.91. The highest BCUT2D eigenvalue weighted by Crippen LogP contribution is 2.59. The van der Waals surface area contributed by atoms with Gasteiger partial charge < -0.3 is 9.47 Å². The quantitative estimate of drug-likeness (QED) is 0.582. The van der Waals surface area contributed by atoms with E-state index in [9.17, 15) is 26.8 Å². The normalized spacial score (nSPS) is 39.0. The highest BCUT2D eigenvalue weighted by molar-refractivity contribution is 7.87. The number of carbonyl (C=O) groups excluding carboxylic acids is 2. The van der Waals surface area contributed by atoms with E-state index < -0.39 is 44.9 Å². The van der Waals surface area contributed by atoms with Crippen LogP contribution in [0.2, 0.25) is 0 Å². The Bertz CT molecular complexity index is 601. The van der Waals surface area contributed by atoms with E-state index >= 15 is 0 Å². The van der Waals surface area contributed by atoms with E-state index in [1.165, 1.54) is 0 Å². The molecule has 3 fully saturated rings. The minimum Gasteiger partial charge on any atom is -0.458 e. The van der Waals surface area contributed by atoms with Crippen molar-refractivity contribution < 1.29 is 40.8 Å². The molecule has 3 unspecified atom stereocenters. The lowest BCUT2D eigenvalue weighted by atomic mass is 9.86. The Balaban J connectivity index is 1.89. The summed E-state index contributed by atoms with van der Waals surface area (Å²) >= 11 is 0. The number of fused-ring (bicyclic) bond motifs is 1. The summed E-state index contributed by atoms with van der Waals surface area (Å²) in [6.45, 7) is 0. The van der Waals surface area contributed by atoms with E-state index in [2.05, 4.69) is 4.74 Å². The maximum Gasteiger partial charge on any atom is 0.465 e. The third-order valence-corrected chi connectivity index (χ3v) is 5.06. The van der Waals surface area contributed by atoms with Gasteiger partial charge in [-0.2, -0.15) is 17.2 Å². The highest BCUT2D eigenvalue weighted by atomic mass is 32.2. The summed E-state index contributed by atoms with van der Waals surface area (Å²) in [6, 6.07) is 0. The molecule has 3 aliphatic rings. The van der Waals surface area contributed by atoms with Crippen LogP contribution in [-0.4, -0.2) is 41.9 Å². The number of alkyl halides is 2. The van der Waals surface area contributed by atoms with Crippen molar-refractivity contribution in [2.24, 2.45) is 11.8 Å². The van der Waals surface area contributed by atoms with Crippen LogP contribution in [0, 0.1) is 11.8 Å². The number of rotatable bonds is 3. The topological polar surface area (TPSA) is 107 Å². The molecule has 0 radical (unpaired) electrons. The number of halogens is 2. The van der Waals surface area contributed by atoms with Gasteiger partial charge >= 0.3 is 27.3 Å². The van der Waals surface area contributed by atoms with Gasteiger partial charge in [0.15, 0.2) is 5.60 Å². The van der Waals surface area contributed by atoms with Gasteiger partial charge in [-0.25, -0.2) is 4.79 Å². The van der Waals surface area contributed by atoms with Gasteiger partial charge in [0.25, 0.3) is 0 Å². The van der Waals surface area contributed by atoms with Gasteiger partial charge in [0.2, 0.25) is 0 Å². The second kappa shape index (κ2) is 3.67. The van der Waals surface area contributed by atoms with Crippen molar-refractivity contribution in [1.29, 1.82) is 0 Å². The summed E-state index contributed by atoms with van der Waals surface area (Å²) in [7, 11) is -5.93. The second-order valence-electron chi connectivity index (χ2n) is 5.36. The fourth-order valence-electron chi connectivity index (χ4n) is 3.43. The fraction of sp³-hybridized carbons (Fsp3) is 0.800. The number of carbonyl (C=O) groups is 2. The molecule has 1 N–H and O–H groups in total. The van der Waals surface area contributed by atoms with Crippen LogP contribution in [0.25, 0.3) is 0 Å². The molecule has 2 saturated carbocycles. The lowest BCUT2D eigenvalue weighted by molar-refractivity contribution is -0.183. The summed E-state index contributed by atoms with van der Waals surface area (Å²) < 4.78 is 65.5. The highest BCUT2D eigenvalue weighted by Gasteiger charge is 2.71. The standard InChI is InChI=1S/C10H10F2O7S/c11-10(12,20(15,16)17)8(14)19-9-3-4-1-5(9)7(13)18-6(9)2-4/h4-6H,1-3H2,(H,15,16,17)/t4?,5?,6-,9?/m0/s1. The van der Waals surface area contributed by atoms with Crippen LogP contribution in [0.5, 0.6) is 0 Å². The molecule has 1 heterocycles. The molecule has 7 nitrogen and oxygen atoms in total. The fourth-order valence-corrected chi connectivity index (χ4v) is 3.68. The zero-order chi connectivity index (χ0) is 14.9. The molecule has 2 aliphatic carbocycles. The maximum absolute atomic E-state index is 13.2. The first kappa shape index (κ1) is 13.7. The first-order valence-electron chi connectivity index (χ1n) is 5.87. The van der Waals surface area contributed by atoms with Crippen molar-refractivity contribution in [3.05, 3.63) is 0 Å². The molecule has 1 saturated heterocycles. The largest absolute Gasteiger partial charge is 0.465 e. The average molecular weight is 312 g/mol. The van der Waals surface area contributed by atoms with Crippen LogP contribution < -0.4 is 0 Å². The summed E-state index contributed by atoms with van der Waals surface area (Å²) in [5, 5.41) is -5.06. The minimum absolute atomic E-state index is 0.0172. The molecule has 4 atom stereocenters. The Morgan fingerprint density at radius 1 is 1.45 bits per heavy atom. The first-order chi connectivity index (χ1) is 9.08. The number of hydrogen-bond donors (Lipinski definition) is 1. The lowest BCUT2D eigenvalue weighted by Crippen LogP contribution is -2.49. The van der Waals surface area contributed by atoms with Crippen molar-refractivity contribution in [1.82, 2.24) is 0 Å². The van der Waals surface area contributed by atoms with Crippen molar-refractivity contribution in [3.8, 4) is 0 Å². The maximum atomic E-state index is 13.2. The minimum atomic E-state index is -5.93. The van der Waals surface area contributed by atoms with Crippen molar-refractivity contribution in [2.45, 2.75) is 36.2 Å². The Labute approximate surface area is 112 Å². The smallest absolute Gasteiger partial charge is 0.458 e. The van der Waals surface area contributed by atoms with E-state index in [-0.39, 0.29) is 12.3 Å². The third-order valence-electron chi connectivity index (χ3n) is 4.25. The van der Waals surface area contributed by atoms with Crippen molar-refractivity contribution in [2.75, 3.05) is 0 Å². The van der Waals surface area contributed by atoms with Crippen LogP contribution in [0.3, 0.4) is 0 Å². The third kappa shape index (κ3) is 1.54. The summed E-state index contributed by atoms with van der Waals surface area (Å²) in [5.41, 5.74) is -1.52. The van der Waals surface area contributed by atoms with Crippen LogP contribution in [-0.2, 0) is 29.2 Å². The molecule has 0 aromatic heterocycles. The van der Waals surface area contributed by atoms with Crippen LogP contribution in [0.1, 0.15) is 19.3 Å². The second-order valence-corrected chi connectivity index (χ2v) is 6.82. The molecular weight excluding hydrogens is 302 g/mol. The molecule has 3 rings (SSSR count). The van der Waals surface area contributed by atoms with Gasteiger partial charge in [0.1, 0.15) is 12.0 Å². The number of hydrogen-bond acceptors (Lipinski definition) is 6. The summed E-state index contributed by atoms with van der Waals surface area (Å²) in [6.07, 6.45) is 0.119.